The van der Waals surface area contributed by atoms with Gasteiger partial charge >= 0.3 is 0 Å². The van der Waals surface area contributed by atoms with Crippen LogP contribution in [0.1, 0.15) is 77.6 Å². The molecular formula is C37H43N7O7. The molecule has 2 amide bonds. The van der Waals surface area contributed by atoms with E-state index >= 15 is 0 Å². The topological polar surface area (TPSA) is 259 Å². The van der Waals surface area contributed by atoms with E-state index in [9.17, 15) is 39.8 Å². The minimum atomic E-state index is -2.75. The maximum absolute atomic E-state index is 14.8. The number of amides is 2. The summed E-state index contributed by atoms with van der Waals surface area (Å²) in [4.78, 5) is 59.3. The van der Waals surface area contributed by atoms with E-state index in [2.05, 4.69) is 10.3 Å². The Kier molecular flexibility index (Phi) is 9.03. The number of nitrogens with zero attached hydrogens (tertiary/aromatic N) is 3. The molecule has 0 unspecified atom stereocenters. The van der Waals surface area contributed by atoms with Crippen LogP contribution in [0.15, 0.2) is 47.5 Å². The molecule has 0 bridgehead atoms. The van der Waals surface area contributed by atoms with Gasteiger partial charge in [0.1, 0.15) is 22.8 Å². The van der Waals surface area contributed by atoms with Crippen molar-refractivity contribution in [2.75, 3.05) is 14.1 Å². The van der Waals surface area contributed by atoms with Gasteiger partial charge < -0.3 is 37.8 Å². The fourth-order valence-electron chi connectivity index (χ4n) is 9.00. The van der Waals surface area contributed by atoms with Crippen LogP contribution >= 0.6 is 0 Å². The highest BCUT2D eigenvalue weighted by atomic mass is 16.3. The van der Waals surface area contributed by atoms with Gasteiger partial charge in [-0.3, -0.25) is 29.1 Å². The molecule has 1 aromatic carbocycles. The predicted octanol–water partition coefficient (Wildman–Crippen LogP) is 1.74. The molecule has 14 heteroatoms. The molecule has 2 saturated carbocycles. The molecule has 14 nitrogen and oxygen atoms in total. The van der Waals surface area contributed by atoms with E-state index in [1.807, 2.05) is 0 Å². The van der Waals surface area contributed by atoms with Crippen molar-refractivity contribution in [2.45, 2.75) is 81.5 Å². The van der Waals surface area contributed by atoms with Gasteiger partial charge in [-0.1, -0.05) is 38.2 Å². The number of rotatable bonds is 8. The van der Waals surface area contributed by atoms with Crippen LogP contribution in [-0.4, -0.2) is 79.8 Å². The zero-order valence-corrected chi connectivity index (χ0v) is 28.7. The van der Waals surface area contributed by atoms with Crippen molar-refractivity contribution < 1.29 is 34.5 Å². The van der Waals surface area contributed by atoms with Crippen molar-refractivity contribution in [3.05, 3.63) is 75.3 Å². The summed E-state index contributed by atoms with van der Waals surface area (Å²) in [5, 5.41) is 48.8. The zero-order valence-electron chi connectivity index (χ0n) is 28.7. The van der Waals surface area contributed by atoms with Gasteiger partial charge in [-0.25, -0.2) is 0 Å². The number of nitrogens with two attached hydrogens (primary N) is 3. The van der Waals surface area contributed by atoms with E-state index in [0.717, 1.165) is 37.7 Å². The highest BCUT2D eigenvalue weighted by molar-refractivity contribution is 6.25. The highest BCUT2D eigenvalue weighted by Crippen LogP contribution is 2.58. The second-order valence-electron chi connectivity index (χ2n) is 14.6. The quantitative estimate of drug-likeness (QED) is 0.195. The maximum atomic E-state index is 14.8. The largest absolute Gasteiger partial charge is 0.509 e. The normalized spacial score (nSPS) is 27.8. The predicted molar refractivity (Wildman–Crippen MR) is 185 cm³/mol. The Labute approximate surface area is 295 Å². The first-order chi connectivity index (χ1) is 24.1. The standard InChI is InChI=1S/C37H43N7O7/c1-44(2)30-29(47)25(33(39)50)31(48)36(18-38)32(49)26-28(46)24-23(14-35(26,40)17-37(30,36)41)20(11-10-19-7-4-3-5-8-19)13-22(27(24)45)16-43-34(51)21-9-6-12-42-15-21/h6,9,12-13,15,19,30,45-46,48H,3-5,7-8,10-11,14,16-17,40-41H2,1-2H3,(H2,39,50)(H,43,51)/t30-,35-,36+,37-/m1/s1. The summed E-state index contributed by atoms with van der Waals surface area (Å²) in [7, 11) is 2.95. The average molecular weight is 698 g/mol. The van der Waals surface area contributed by atoms with Gasteiger partial charge in [0.2, 0.25) is 0 Å². The number of aliphatic hydroxyl groups is 2. The van der Waals surface area contributed by atoms with Crippen molar-refractivity contribution in [2.24, 2.45) is 28.5 Å². The third-order valence-electron chi connectivity index (χ3n) is 11.3. The molecule has 1 heterocycles. The van der Waals surface area contributed by atoms with E-state index in [1.54, 1.807) is 24.3 Å². The third kappa shape index (κ3) is 5.38. The van der Waals surface area contributed by atoms with Crippen molar-refractivity contribution in [3.63, 3.8) is 0 Å². The number of aryl methyl sites for hydroxylation is 1. The number of carbonyl (C=O) groups is 4. The number of hydrogen-bond donors (Lipinski definition) is 7. The Balaban J connectivity index is 1.53. The van der Waals surface area contributed by atoms with E-state index in [0.29, 0.717) is 23.5 Å². The van der Waals surface area contributed by atoms with Crippen molar-refractivity contribution in [1.29, 1.82) is 5.26 Å². The molecule has 2 fully saturated rings. The van der Waals surface area contributed by atoms with E-state index in [-0.39, 0.29) is 24.1 Å². The van der Waals surface area contributed by atoms with Crippen LogP contribution in [0.2, 0.25) is 0 Å². The number of hydrogen-bond acceptors (Lipinski definition) is 12. The van der Waals surface area contributed by atoms with Crippen LogP contribution in [0.4, 0.5) is 0 Å². The van der Waals surface area contributed by atoms with Gasteiger partial charge in [0.25, 0.3) is 11.8 Å². The number of ketones is 2. The second kappa shape index (κ2) is 12.9. The number of phenolic OH excluding ortho intramolecular Hbond substituents is 1. The molecule has 1 aromatic heterocycles. The number of fused-ring (bicyclic) bond motifs is 3. The van der Waals surface area contributed by atoms with Gasteiger partial charge in [0, 0.05) is 24.5 Å². The third-order valence-corrected chi connectivity index (χ3v) is 11.3. The first-order valence-electron chi connectivity index (χ1n) is 17.1. The van der Waals surface area contributed by atoms with Crippen LogP contribution in [-0.2, 0) is 33.8 Å². The number of aromatic hydroxyl groups is 1. The van der Waals surface area contributed by atoms with Crippen LogP contribution in [0.25, 0.3) is 5.76 Å². The Bertz CT molecular complexity index is 1950. The Hall–Kier alpha value is -5.10. The number of pyridine rings is 1. The number of aliphatic hydroxyl groups excluding tert-OH is 2. The monoisotopic (exact) mass is 697 g/mol. The number of nitriles is 1. The molecular weight excluding hydrogens is 654 g/mol. The van der Waals surface area contributed by atoms with Crippen molar-refractivity contribution in [3.8, 4) is 11.8 Å². The van der Waals surface area contributed by atoms with E-state index in [1.165, 1.54) is 37.8 Å². The summed E-state index contributed by atoms with van der Waals surface area (Å²) in [5.41, 5.74) is 13.1. The highest BCUT2D eigenvalue weighted by Gasteiger charge is 2.74. The smallest absolute Gasteiger partial charge is 0.255 e. The zero-order chi connectivity index (χ0) is 37.0. The molecule has 4 aliphatic rings. The lowest BCUT2D eigenvalue weighted by Gasteiger charge is -2.58. The number of likely N-dealkylation sites (N-methyl/N-ethyl adjacent to an activating group) is 1. The fraction of sp³-hybridized carbons (Fsp3) is 0.459. The Morgan fingerprint density at radius 3 is 2.43 bits per heavy atom. The fourth-order valence-corrected chi connectivity index (χ4v) is 9.00. The van der Waals surface area contributed by atoms with Crippen LogP contribution in [0.3, 0.4) is 0 Å². The molecule has 2 aromatic rings. The van der Waals surface area contributed by atoms with Crippen molar-refractivity contribution >= 4 is 29.1 Å². The summed E-state index contributed by atoms with van der Waals surface area (Å²) in [5.74, 6) is -5.84. The van der Waals surface area contributed by atoms with Gasteiger partial charge in [-0.15, -0.1) is 0 Å². The minimum absolute atomic E-state index is 0.0848. The summed E-state index contributed by atoms with van der Waals surface area (Å²) < 4.78 is 0. The molecule has 51 heavy (non-hydrogen) atoms. The average Bonchev–Trinajstić information content (AvgIpc) is 3.07. The molecule has 4 aliphatic carbocycles. The number of benzene rings is 1. The molecule has 0 radical (unpaired) electrons. The summed E-state index contributed by atoms with van der Waals surface area (Å²) in [6.07, 6.45) is 9.34. The number of primary amides is 1. The molecule has 0 aliphatic heterocycles. The second-order valence-corrected chi connectivity index (χ2v) is 14.6. The Morgan fingerprint density at radius 1 is 1.12 bits per heavy atom. The SMILES string of the molecule is CN(C)[C@@H]1C(=O)C(C(N)=O)=C(O)[C@@]2(C#N)C(=O)C3=C(O)c4c(O)c(CNC(=O)c5cccnc5)cc(CCC5CCCCC5)c4C[C@@]3(N)C[C@@]12N. The lowest BCUT2D eigenvalue weighted by atomic mass is 9.47. The van der Waals surface area contributed by atoms with Gasteiger partial charge in [0.05, 0.1) is 39.9 Å². The lowest BCUT2D eigenvalue weighted by molar-refractivity contribution is -0.139. The Morgan fingerprint density at radius 2 is 1.82 bits per heavy atom. The van der Waals surface area contributed by atoms with Gasteiger partial charge in [-0.2, -0.15) is 5.26 Å². The van der Waals surface area contributed by atoms with Gasteiger partial charge in [-0.05, 0) is 69.0 Å². The lowest BCUT2D eigenvalue weighted by Crippen LogP contribution is -2.80. The van der Waals surface area contributed by atoms with Crippen LogP contribution in [0.5, 0.6) is 5.75 Å². The first-order valence-corrected chi connectivity index (χ1v) is 17.1. The number of phenols is 1. The summed E-state index contributed by atoms with van der Waals surface area (Å²) in [6, 6.07) is 5.29. The number of aromatic nitrogens is 1. The molecule has 6 rings (SSSR count). The van der Waals surface area contributed by atoms with E-state index < -0.39 is 80.8 Å². The molecule has 4 atom stereocenters. The van der Waals surface area contributed by atoms with Crippen LogP contribution < -0.4 is 22.5 Å². The van der Waals surface area contributed by atoms with Crippen molar-refractivity contribution in [1.82, 2.24) is 15.2 Å². The maximum Gasteiger partial charge on any atom is 0.255 e. The minimum Gasteiger partial charge on any atom is -0.509 e. The van der Waals surface area contributed by atoms with Crippen LogP contribution in [0, 0.1) is 22.7 Å². The number of Topliss-reactive ketones (excluding diaryl/α,β-unsaturated/α-hetero) is 2. The van der Waals surface area contributed by atoms with E-state index in [4.69, 9.17) is 17.2 Å². The number of carbonyl (C=O) groups excluding carboxylic acids is 4. The summed E-state index contributed by atoms with van der Waals surface area (Å²) >= 11 is 0. The van der Waals surface area contributed by atoms with Gasteiger partial charge in [0.15, 0.2) is 17.0 Å². The molecule has 268 valence electrons. The number of nitrogens with one attached hydrogen (secondary N) is 1. The molecule has 0 spiro atoms. The first kappa shape index (κ1) is 35.7. The molecule has 10 N–H and O–H groups in total. The summed E-state index contributed by atoms with van der Waals surface area (Å²) in [6.45, 7) is -0.139. The molecule has 0 saturated heterocycles.